The van der Waals surface area contributed by atoms with E-state index in [9.17, 15) is 31.9 Å². The SMILES string of the molecule is Cc1ccc(NC(=O)CCC/C=C/C(=O)N(C)C)c(=O)n1Cc1nc2c(F)cnc(CCC(F)(F)F)c2[nH]1. The Labute approximate surface area is 215 Å². The fraction of sp³-hybridized carbons (Fsp3) is 0.400. The van der Waals surface area contributed by atoms with Crippen LogP contribution in [0.25, 0.3) is 11.0 Å². The number of hydrogen-bond donors (Lipinski definition) is 2. The molecular weight excluding hydrogens is 508 g/mol. The highest BCUT2D eigenvalue weighted by molar-refractivity contribution is 5.90. The van der Waals surface area contributed by atoms with Gasteiger partial charge >= 0.3 is 6.18 Å². The lowest BCUT2D eigenvalue weighted by molar-refractivity contribution is -0.134. The van der Waals surface area contributed by atoms with Gasteiger partial charge in [-0.1, -0.05) is 6.08 Å². The Bertz CT molecular complexity index is 1410. The normalized spacial score (nSPS) is 11.9. The molecule has 0 aromatic carbocycles. The van der Waals surface area contributed by atoms with Crippen molar-refractivity contribution >= 4 is 28.5 Å². The summed E-state index contributed by atoms with van der Waals surface area (Å²) in [6.45, 7) is 1.53. The summed E-state index contributed by atoms with van der Waals surface area (Å²) in [5.74, 6) is -1.19. The number of carbonyl (C=O) groups excluding carboxylic acids is 2. The van der Waals surface area contributed by atoms with Gasteiger partial charge in [-0.3, -0.25) is 19.4 Å². The van der Waals surface area contributed by atoms with Crippen molar-refractivity contribution in [2.75, 3.05) is 19.4 Å². The molecule has 0 bridgehead atoms. The van der Waals surface area contributed by atoms with Gasteiger partial charge in [-0.05, 0) is 38.0 Å². The molecule has 0 aliphatic rings. The molecule has 0 aliphatic heterocycles. The van der Waals surface area contributed by atoms with E-state index in [0.717, 1.165) is 6.20 Å². The van der Waals surface area contributed by atoms with Crippen LogP contribution in [-0.2, 0) is 22.6 Å². The highest BCUT2D eigenvalue weighted by Crippen LogP contribution is 2.25. The minimum Gasteiger partial charge on any atom is -0.345 e. The van der Waals surface area contributed by atoms with Crippen molar-refractivity contribution in [3.63, 3.8) is 0 Å². The molecule has 0 spiro atoms. The van der Waals surface area contributed by atoms with Gasteiger partial charge in [-0.15, -0.1) is 0 Å². The van der Waals surface area contributed by atoms with E-state index in [0.29, 0.717) is 18.5 Å². The quantitative estimate of drug-likeness (QED) is 0.232. The summed E-state index contributed by atoms with van der Waals surface area (Å²) in [5.41, 5.74) is -0.0622. The highest BCUT2D eigenvalue weighted by atomic mass is 19.4. The summed E-state index contributed by atoms with van der Waals surface area (Å²) in [5, 5.41) is 2.58. The number of hydrogen-bond acceptors (Lipinski definition) is 5. The van der Waals surface area contributed by atoms with Crippen molar-refractivity contribution in [3.05, 3.63) is 63.9 Å². The predicted octanol–water partition coefficient (Wildman–Crippen LogP) is 3.86. The van der Waals surface area contributed by atoms with Crippen molar-refractivity contribution in [3.8, 4) is 0 Å². The first-order valence-corrected chi connectivity index (χ1v) is 11.8. The fourth-order valence-electron chi connectivity index (χ4n) is 3.63. The lowest BCUT2D eigenvalue weighted by atomic mass is 10.2. The van der Waals surface area contributed by atoms with E-state index in [4.69, 9.17) is 0 Å². The number of halogens is 4. The van der Waals surface area contributed by atoms with Crippen molar-refractivity contribution < 1.29 is 27.2 Å². The molecule has 0 saturated heterocycles. The first-order chi connectivity index (χ1) is 17.9. The zero-order valence-electron chi connectivity index (χ0n) is 21.2. The molecule has 9 nitrogen and oxygen atoms in total. The van der Waals surface area contributed by atoms with Crippen molar-refractivity contribution in [2.24, 2.45) is 0 Å². The number of nitrogens with one attached hydrogen (secondary N) is 2. The van der Waals surface area contributed by atoms with Gasteiger partial charge in [0.1, 0.15) is 17.0 Å². The molecule has 0 fully saturated rings. The molecule has 0 unspecified atom stereocenters. The van der Waals surface area contributed by atoms with Crippen LogP contribution in [-0.4, -0.2) is 56.5 Å². The number of pyridine rings is 2. The van der Waals surface area contributed by atoms with Crippen LogP contribution in [0.5, 0.6) is 0 Å². The van der Waals surface area contributed by atoms with E-state index in [1.165, 1.54) is 21.6 Å². The smallest absolute Gasteiger partial charge is 0.345 e. The van der Waals surface area contributed by atoms with Crippen molar-refractivity contribution in [1.82, 2.24) is 24.4 Å². The minimum absolute atomic E-state index is 0.0171. The topological polar surface area (TPSA) is 113 Å². The second kappa shape index (κ2) is 12.0. The number of fused-ring (bicyclic) bond motifs is 1. The number of imidazole rings is 1. The van der Waals surface area contributed by atoms with Crippen LogP contribution in [0.3, 0.4) is 0 Å². The zero-order chi connectivity index (χ0) is 28.0. The van der Waals surface area contributed by atoms with Crippen molar-refractivity contribution in [2.45, 2.75) is 51.7 Å². The Balaban J connectivity index is 1.73. The molecule has 3 aromatic rings. The monoisotopic (exact) mass is 536 g/mol. The van der Waals surface area contributed by atoms with Gasteiger partial charge in [0, 0.05) is 39.1 Å². The van der Waals surface area contributed by atoms with E-state index >= 15 is 0 Å². The molecule has 2 amide bonds. The molecule has 0 aliphatic carbocycles. The second-order valence-corrected chi connectivity index (χ2v) is 8.93. The number of rotatable bonds is 10. The van der Waals surface area contributed by atoms with Crippen LogP contribution >= 0.6 is 0 Å². The minimum atomic E-state index is -4.40. The number of aromatic amines is 1. The Morgan fingerprint density at radius 2 is 1.97 bits per heavy atom. The lowest BCUT2D eigenvalue weighted by Crippen LogP contribution is -2.27. The highest BCUT2D eigenvalue weighted by Gasteiger charge is 2.28. The number of amides is 2. The number of aryl methyl sites for hydroxylation is 2. The van der Waals surface area contributed by atoms with Crippen LogP contribution in [0.4, 0.5) is 23.2 Å². The molecule has 0 atom stereocenters. The molecule has 3 rings (SSSR count). The summed E-state index contributed by atoms with van der Waals surface area (Å²) in [7, 11) is 3.27. The maximum absolute atomic E-state index is 14.3. The van der Waals surface area contributed by atoms with Crippen LogP contribution in [0, 0.1) is 12.7 Å². The second-order valence-electron chi connectivity index (χ2n) is 8.93. The van der Waals surface area contributed by atoms with Gasteiger partial charge < -0.3 is 19.8 Å². The number of unbranched alkanes of at least 4 members (excludes halogenated alkanes) is 1. The summed E-state index contributed by atoms with van der Waals surface area (Å²) in [4.78, 5) is 49.0. The van der Waals surface area contributed by atoms with Crippen LogP contribution in [0.15, 0.2) is 35.3 Å². The Morgan fingerprint density at radius 1 is 1.24 bits per heavy atom. The van der Waals surface area contributed by atoms with Gasteiger partial charge in [0.25, 0.3) is 5.56 Å². The molecule has 38 heavy (non-hydrogen) atoms. The average molecular weight is 537 g/mol. The third-order valence-corrected chi connectivity index (χ3v) is 5.70. The number of carbonyl (C=O) groups is 2. The zero-order valence-corrected chi connectivity index (χ0v) is 21.2. The maximum Gasteiger partial charge on any atom is 0.389 e. The molecule has 3 heterocycles. The molecule has 204 valence electrons. The third-order valence-electron chi connectivity index (χ3n) is 5.70. The molecule has 2 N–H and O–H groups in total. The Morgan fingerprint density at radius 3 is 2.66 bits per heavy atom. The summed E-state index contributed by atoms with van der Waals surface area (Å²) in [6.07, 6.45) is -0.949. The average Bonchev–Trinajstić information content (AvgIpc) is 3.27. The number of H-pyrrole nitrogens is 1. The number of anilines is 1. The maximum atomic E-state index is 14.3. The Hall–Kier alpha value is -4.03. The van der Waals surface area contributed by atoms with E-state index in [1.54, 1.807) is 33.2 Å². The van der Waals surface area contributed by atoms with E-state index in [-0.39, 0.29) is 53.0 Å². The molecule has 13 heteroatoms. The number of aromatic nitrogens is 4. The number of allylic oxidation sites excluding steroid dienone is 1. The van der Waals surface area contributed by atoms with Gasteiger partial charge in [-0.2, -0.15) is 13.2 Å². The van der Waals surface area contributed by atoms with Crippen LogP contribution < -0.4 is 10.9 Å². The number of nitrogens with zero attached hydrogens (tertiary/aromatic N) is 4. The molecule has 3 aromatic heterocycles. The van der Waals surface area contributed by atoms with E-state index in [2.05, 4.69) is 20.3 Å². The number of likely N-dealkylation sites (N-methyl/N-ethyl adjacent to an activating group) is 1. The van der Waals surface area contributed by atoms with Gasteiger partial charge in [0.2, 0.25) is 11.8 Å². The molecule has 0 radical (unpaired) electrons. The fourth-order valence-corrected chi connectivity index (χ4v) is 3.63. The Kier molecular flexibility index (Phi) is 9.02. The lowest BCUT2D eigenvalue weighted by Gasteiger charge is -2.11. The van der Waals surface area contributed by atoms with Gasteiger partial charge in [-0.25, -0.2) is 9.37 Å². The first kappa shape index (κ1) is 28.5. The van der Waals surface area contributed by atoms with Crippen LogP contribution in [0.1, 0.15) is 42.9 Å². The van der Waals surface area contributed by atoms with Crippen LogP contribution in [0.2, 0.25) is 0 Å². The summed E-state index contributed by atoms with van der Waals surface area (Å²) in [6, 6.07) is 3.09. The standard InChI is InChI=1S/C25H28F4N6O3/c1-15-9-10-18(31-20(36)7-5-4-6-8-21(37)34(2)3)24(38)35(15)14-19-32-22-16(26)13-30-17(23(22)33-19)11-12-25(27,28)29/h6,8-10,13H,4-5,7,11-12,14H2,1-3H3,(H,31,36)(H,32,33)/b8-6+. The summed E-state index contributed by atoms with van der Waals surface area (Å²) < 4.78 is 53.6. The molecular formula is C25H28F4N6O3. The largest absolute Gasteiger partial charge is 0.389 e. The summed E-state index contributed by atoms with van der Waals surface area (Å²) >= 11 is 0. The number of alkyl halides is 3. The van der Waals surface area contributed by atoms with E-state index < -0.39 is 30.4 Å². The molecule has 0 saturated carbocycles. The van der Waals surface area contributed by atoms with E-state index in [1.807, 2.05) is 0 Å². The third kappa shape index (κ3) is 7.49. The van der Waals surface area contributed by atoms with Gasteiger partial charge in [0.05, 0.1) is 24.0 Å². The van der Waals surface area contributed by atoms with Gasteiger partial charge in [0.15, 0.2) is 5.82 Å². The van der Waals surface area contributed by atoms with Crippen molar-refractivity contribution in [1.29, 1.82) is 0 Å². The first-order valence-electron chi connectivity index (χ1n) is 11.8. The predicted molar refractivity (Wildman–Crippen MR) is 133 cm³/mol.